The minimum Gasteiger partial charge on any atom is -0.314 e. The third kappa shape index (κ3) is 2.82. The lowest BCUT2D eigenvalue weighted by molar-refractivity contribution is -0.125. The van der Waals surface area contributed by atoms with E-state index in [-0.39, 0.29) is 11.7 Å². The summed E-state index contributed by atoms with van der Waals surface area (Å²) < 4.78 is 12.9. The molecule has 1 fully saturated rings. The third-order valence-corrected chi connectivity index (χ3v) is 4.10. The van der Waals surface area contributed by atoms with Crippen molar-refractivity contribution in [3.63, 3.8) is 0 Å². The first kappa shape index (κ1) is 14.5. The van der Waals surface area contributed by atoms with E-state index in [1.54, 1.807) is 19.2 Å². The van der Waals surface area contributed by atoms with Gasteiger partial charge >= 0.3 is 0 Å². The number of anilines is 1. The number of nitrogens with zero attached hydrogens (tertiary/aromatic N) is 2. The van der Waals surface area contributed by atoms with Gasteiger partial charge < -0.3 is 4.90 Å². The zero-order valence-corrected chi connectivity index (χ0v) is 11.7. The topological polar surface area (TPSA) is 44.1 Å². The van der Waals surface area contributed by atoms with Crippen LogP contribution < -0.4 is 4.90 Å². The van der Waals surface area contributed by atoms with Crippen LogP contribution in [0, 0.1) is 22.6 Å². The Bertz CT molecular complexity index is 510. The molecule has 1 amide bonds. The Morgan fingerprint density at radius 3 is 2.25 bits per heavy atom. The molecule has 0 N–H and O–H groups in total. The smallest absolute Gasteiger partial charge is 0.247 e. The van der Waals surface area contributed by atoms with Crippen LogP contribution in [0.2, 0.25) is 0 Å². The highest BCUT2D eigenvalue weighted by Gasteiger charge is 2.41. The van der Waals surface area contributed by atoms with E-state index in [0.717, 1.165) is 25.7 Å². The lowest BCUT2D eigenvalue weighted by atomic mass is 9.80. The summed E-state index contributed by atoms with van der Waals surface area (Å²) in [5.41, 5.74) is -0.296. The Labute approximate surface area is 119 Å². The molecule has 1 aliphatic carbocycles. The summed E-state index contributed by atoms with van der Waals surface area (Å²) in [6, 6.07) is 8.03. The highest BCUT2D eigenvalue weighted by atomic mass is 19.1. The van der Waals surface area contributed by atoms with Crippen LogP contribution in [0.15, 0.2) is 24.3 Å². The Kier molecular flexibility index (Phi) is 4.39. The molecule has 0 heterocycles. The van der Waals surface area contributed by atoms with Gasteiger partial charge in [0.05, 0.1) is 6.07 Å². The van der Waals surface area contributed by atoms with Gasteiger partial charge in [-0.3, -0.25) is 4.79 Å². The second kappa shape index (κ2) is 6.04. The molecule has 0 aliphatic heterocycles. The Morgan fingerprint density at radius 2 is 1.75 bits per heavy atom. The number of carbonyl (C=O) groups is 1. The van der Waals surface area contributed by atoms with E-state index in [2.05, 4.69) is 6.07 Å². The van der Waals surface area contributed by atoms with Gasteiger partial charge in [-0.15, -0.1) is 0 Å². The van der Waals surface area contributed by atoms with E-state index >= 15 is 0 Å². The molecule has 2 rings (SSSR count). The maximum atomic E-state index is 12.9. The molecule has 0 atom stereocenters. The molecule has 4 heteroatoms. The predicted molar refractivity (Wildman–Crippen MR) is 75.6 cm³/mol. The molecular formula is C16H19FN2O. The summed E-state index contributed by atoms with van der Waals surface area (Å²) in [7, 11) is 1.65. The van der Waals surface area contributed by atoms with E-state index in [9.17, 15) is 14.4 Å². The quantitative estimate of drug-likeness (QED) is 0.773. The van der Waals surface area contributed by atoms with Crippen molar-refractivity contribution in [3.8, 4) is 6.07 Å². The molecule has 1 saturated carbocycles. The minimum absolute atomic E-state index is 0.173. The number of nitriles is 1. The van der Waals surface area contributed by atoms with Crippen LogP contribution >= 0.6 is 0 Å². The SMILES string of the molecule is CN(C(=O)C1(C#N)CCCCCC1)c1ccc(F)cc1. The second-order valence-corrected chi connectivity index (χ2v) is 5.45. The second-order valence-electron chi connectivity index (χ2n) is 5.45. The summed E-state index contributed by atoms with van der Waals surface area (Å²) in [6.07, 6.45) is 5.22. The van der Waals surface area contributed by atoms with Crippen LogP contribution in [0.1, 0.15) is 38.5 Å². The van der Waals surface area contributed by atoms with E-state index in [1.165, 1.54) is 17.0 Å². The normalized spacial score (nSPS) is 17.9. The molecule has 1 aliphatic rings. The predicted octanol–water partition coefficient (Wildman–Crippen LogP) is 3.65. The largest absolute Gasteiger partial charge is 0.314 e. The van der Waals surface area contributed by atoms with Crippen LogP contribution in [0.5, 0.6) is 0 Å². The van der Waals surface area contributed by atoms with Gasteiger partial charge in [-0.25, -0.2) is 4.39 Å². The van der Waals surface area contributed by atoms with E-state index in [1.807, 2.05) is 0 Å². The molecule has 1 aromatic rings. The van der Waals surface area contributed by atoms with Crippen LogP contribution in [-0.2, 0) is 4.79 Å². The van der Waals surface area contributed by atoms with Crippen LogP contribution in [0.25, 0.3) is 0 Å². The molecule has 0 bridgehead atoms. The van der Waals surface area contributed by atoms with Gasteiger partial charge in [0.25, 0.3) is 0 Å². The molecule has 106 valence electrons. The zero-order valence-electron chi connectivity index (χ0n) is 11.7. The first-order valence-electron chi connectivity index (χ1n) is 7.04. The standard InChI is InChI=1S/C16H19FN2O/c1-19(14-8-6-13(17)7-9-14)15(20)16(12-18)10-4-2-3-5-11-16/h6-9H,2-5,10-11H2,1H3. The fourth-order valence-electron chi connectivity index (χ4n) is 2.81. The van der Waals surface area contributed by atoms with Gasteiger partial charge in [-0.2, -0.15) is 5.26 Å². The molecule has 0 saturated heterocycles. The van der Waals surface area contributed by atoms with Crippen molar-refractivity contribution in [1.29, 1.82) is 5.26 Å². The van der Waals surface area contributed by atoms with Crippen molar-refractivity contribution >= 4 is 11.6 Å². The van der Waals surface area contributed by atoms with Gasteiger partial charge in [0, 0.05) is 12.7 Å². The summed E-state index contributed by atoms with van der Waals surface area (Å²) >= 11 is 0. The van der Waals surface area contributed by atoms with Gasteiger partial charge in [0.15, 0.2) is 0 Å². The Morgan fingerprint density at radius 1 is 1.20 bits per heavy atom. The fraction of sp³-hybridized carbons (Fsp3) is 0.500. The molecule has 0 aromatic heterocycles. The van der Waals surface area contributed by atoms with Gasteiger partial charge in [0.2, 0.25) is 5.91 Å². The fourth-order valence-corrected chi connectivity index (χ4v) is 2.81. The van der Waals surface area contributed by atoms with Crippen molar-refractivity contribution in [2.75, 3.05) is 11.9 Å². The highest BCUT2D eigenvalue weighted by Crippen LogP contribution is 2.37. The molecular weight excluding hydrogens is 255 g/mol. The lowest BCUT2D eigenvalue weighted by Crippen LogP contribution is -2.41. The zero-order chi connectivity index (χ0) is 14.6. The first-order chi connectivity index (χ1) is 9.59. The van der Waals surface area contributed by atoms with Crippen LogP contribution in [0.3, 0.4) is 0 Å². The Hall–Kier alpha value is -1.89. The highest BCUT2D eigenvalue weighted by molar-refractivity contribution is 5.98. The van der Waals surface area contributed by atoms with Gasteiger partial charge in [0.1, 0.15) is 11.2 Å². The number of rotatable bonds is 2. The van der Waals surface area contributed by atoms with Gasteiger partial charge in [-0.05, 0) is 37.1 Å². The first-order valence-corrected chi connectivity index (χ1v) is 7.04. The molecule has 0 unspecified atom stereocenters. The van der Waals surface area contributed by atoms with Crippen LogP contribution in [-0.4, -0.2) is 13.0 Å². The summed E-state index contributed by atoms with van der Waals surface area (Å²) in [4.78, 5) is 14.2. The number of hydrogen-bond acceptors (Lipinski definition) is 2. The molecule has 0 radical (unpaired) electrons. The number of hydrogen-bond donors (Lipinski definition) is 0. The van der Waals surface area contributed by atoms with Crippen molar-refractivity contribution in [2.45, 2.75) is 38.5 Å². The minimum atomic E-state index is -0.917. The summed E-state index contributed by atoms with van der Waals surface area (Å²) in [5.74, 6) is -0.507. The average Bonchev–Trinajstić information content (AvgIpc) is 2.73. The molecule has 0 spiro atoms. The number of amides is 1. The molecule has 1 aromatic carbocycles. The van der Waals surface area contributed by atoms with Crippen molar-refractivity contribution in [1.82, 2.24) is 0 Å². The van der Waals surface area contributed by atoms with E-state index < -0.39 is 5.41 Å². The number of benzene rings is 1. The van der Waals surface area contributed by atoms with Crippen LogP contribution in [0.4, 0.5) is 10.1 Å². The maximum absolute atomic E-state index is 12.9. The van der Waals surface area contributed by atoms with E-state index in [4.69, 9.17) is 0 Å². The van der Waals surface area contributed by atoms with Crippen molar-refractivity contribution in [2.24, 2.45) is 5.41 Å². The monoisotopic (exact) mass is 274 g/mol. The summed E-state index contributed by atoms with van der Waals surface area (Å²) in [5, 5.41) is 9.52. The molecule has 3 nitrogen and oxygen atoms in total. The Balaban J connectivity index is 2.23. The van der Waals surface area contributed by atoms with Crippen molar-refractivity contribution in [3.05, 3.63) is 30.1 Å². The van der Waals surface area contributed by atoms with Gasteiger partial charge in [-0.1, -0.05) is 25.7 Å². The molecule has 20 heavy (non-hydrogen) atoms. The number of halogens is 1. The summed E-state index contributed by atoms with van der Waals surface area (Å²) in [6.45, 7) is 0. The van der Waals surface area contributed by atoms with Crippen molar-refractivity contribution < 1.29 is 9.18 Å². The lowest BCUT2D eigenvalue weighted by Gasteiger charge is -2.29. The third-order valence-electron chi connectivity index (χ3n) is 4.10. The average molecular weight is 274 g/mol. The maximum Gasteiger partial charge on any atom is 0.247 e. The number of carbonyl (C=O) groups excluding carboxylic acids is 1. The van der Waals surface area contributed by atoms with E-state index in [0.29, 0.717) is 18.5 Å².